The van der Waals surface area contributed by atoms with Crippen LogP contribution in [0.1, 0.15) is 47.0 Å². The molecule has 0 atom stereocenters. The molecule has 4 heteroatoms. The van der Waals surface area contributed by atoms with Gasteiger partial charge in [0.25, 0.3) is 0 Å². The van der Waals surface area contributed by atoms with E-state index in [1.807, 2.05) is 0 Å². The molecule has 0 radical (unpaired) electrons. The lowest BCUT2D eigenvalue weighted by molar-refractivity contribution is -0.0535. The first-order valence-corrected chi connectivity index (χ1v) is 8.19. The summed E-state index contributed by atoms with van der Waals surface area (Å²) in [5.74, 6) is 0. The van der Waals surface area contributed by atoms with Crippen molar-refractivity contribution < 1.29 is 0 Å². The Balaban J connectivity index is 2.07. The van der Waals surface area contributed by atoms with Crippen LogP contribution in [0.2, 0.25) is 0 Å². The quantitative estimate of drug-likeness (QED) is 0.799. The zero-order valence-electron chi connectivity index (χ0n) is 13.2. The van der Waals surface area contributed by atoms with Crippen LogP contribution < -0.4 is 0 Å². The number of thiol groups is 1. The van der Waals surface area contributed by atoms with Crippen molar-refractivity contribution in [3.8, 4) is 0 Å². The van der Waals surface area contributed by atoms with Crippen LogP contribution in [0.5, 0.6) is 0 Å². The van der Waals surface area contributed by atoms with Gasteiger partial charge < -0.3 is 0 Å². The molecule has 0 amide bonds. The highest BCUT2D eigenvalue weighted by atomic mass is 32.1. The maximum absolute atomic E-state index is 4.47. The van der Waals surface area contributed by atoms with Crippen molar-refractivity contribution in [2.75, 3.05) is 39.3 Å². The van der Waals surface area contributed by atoms with E-state index in [0.29, 0.717) is 0 Å². The van der Waals surface area contributed by atoms with E-state index in [4.69, 9.17) is 0 Å². The highest BCUT2D eigenvalue weighted by Gasteiger charge is 2.46. The molecule has 19 heavy (non-hydrogen) atoms. The first-order chi connectivity index (χ1) is 8.85. The Morgan fingerprint density at radius 3 is 1.53 bits per heavy atom. The summed E-state index contributed by atoms with van der Waals surface area (Å²) < 4.78 is 2.14. The Morgan fingerprint density at radius 1 is 0.632 bits per heavy atom. The summed E-state index contributed by atoms with van der Waals surface area (Å²) in [7, 11) is 0. The number of hydrogen-bond acceptors (Lipinski definition) is 4. The molecular weight excluding hydrogens is 254 g/mol. The second-order valence-corrected chi connectivity index (χ2v) is 7.67. The number of likely N-dealkylation sites (tertiary alicyclic amines) is 1. The molecule has 0 saturated carbocycles. The van der Waals surface area contributed by atoms with Gasteiger partial charge in [0.05, 0.1) is 0 Å². The van der Waals surface area contributed by atoms with Gasteiger partial charge in [0.15, 0.2) is 0 Å². The normalized spacial score (nSPS) is 25.7. The Bertz CT molecular complexity index is 290. The molecule has 0 bridgehead atoms. The van der Waals surface area contributed by atoms with Crippen LogP contribution >= 0.6 is 12.8 Å². The maximum atomic E-state index is 4.47. The summed E-state index contributed by atoms with van der Waals surface area (Å²) in [6.07, 6.45) is 4.14. The zero-order chi connectivity index (χ0) is 14.1. The minimum absolute atomic E-state index is 0.208. The van der Waals surface area contributed by atoms with E-state index >= 15 is 0 Å². The molecule has 0 spiro atoms. The number of rotatable bonds is 3. The van der Waals surface area contributed by atoms with Crippen molar-refractivity contribution in [2.24, 2.45) is 0 Å². The predicted octanol–water partition coefficient (Wildman–Crippen LogP) is 2.49. The van der Waals surface area contributed by atoms with Crippen LogP contribution in [0.25, 0.3) is 0 Å². The summed E-state index contributed by atoms with van der Waals surface area (Å²) in [4.78, 5) is 5.37. The number of piperidine rings is 1. The Kier molecular flexibility index (Phi) is 4.87. The summed E-state index contributed by atoms with van der Waals surface area (Å²) in [5.41, 5.74) is 0.436. The molecule has 2 heterocycles. The van der Waals surface area contributed by atoms with Gasteiger partial charge >= 0.3 is 0 Å². The van der Waals surface area contributed by atoms with Gasteiger partial charge in [0, 0.05) is 37.3 Å². The van der Waals surface area contributed by atoms with Gasteiger partial charge in [-0.1, -0.05) is 19.2 Å². The molecule has 2 aliphatic rings. The highest BCUT2D eigenvalue weighted by molar-refractivity contribution is 7.77. The van der Waals surface area contributed by atoms with Gasteiger partial charge in [-0.25, -0.2) is 0 Å². The fraction of sp³-hybridized carbons (Fsp3) is 1.00. The minimum atomic E-state index is 0.208. The molecule has 2 fully saturated rings. The van der Waals surface area contributed by atoms with Crippen molar-refractivity contribution >= 4 is 12.8 Å². The molecule has 0 aromatic rings. The summed E-state index contributed by atoms with van der Waals surface area (Å²) in [6, 6.07) is 0. The summed E-state index contributed by atoms with van der Waals surface area (Å²) >= 11 is 4.47. The van der Waals surface area contributed by atoms with E-state index < -0.39 is 0 Å². The molecule has 0 unspecified atom stereocenters. The topological polar surface area (TPSA) is 9.72 Å². The van der Waals surface area contributed by atoms with Gasteiger partial charge in [0.1, 0.15) is 0 Å². The fourth-order valence-corrected chi connectivity index (χ4v) is 3.66. The zero-order valence-corrected chi connectivity index (χ0v) is 14.0. The lowest BCUT2D eigenvalue weighted by Gasteiger charge is -2.56. The van der Waals surface area contributed by atoms with Crippen molar-refractivity contribution in [3.63, 3.8) is 0 Å². The summed E-state index contributed by atoms with van der Waals surface area (Å²) in [5, 5.41) is 0. The monoisotopic (exact) mass is 285 g/mol. The second kappa shape index (κ2) is 5.92. The second-order valence-electron chi connectivity index (χ2n) is 7.11. The molecular formula is C15H31N3S. The van der Waals surface area contributed by atoms with Crippen LogP contribution in [0.3, 0.4) is 0 Å². The van der Waals surface area contributed by atoms with Gasteiger partial charge in [-0.2, -0.15) is 0 Å². The molecule has 2 saturated heterocycles. The van der Waals surface area contributed by atoms with Crippen LogP contribution in [0.15, 0.2) is 0 Å². The van der Waals surface area contributed by atoms with E-state index in [-0.39, 0.29) is 11.1 Å². The Morgan fingerprint density at radius 2 is 1.05 bits per heavy atom. The minimum Gasteiger partial charge on any atom is -0.296 e. The summed E-state index contributed by atoms with van der Waals surface area (Å²) in [6.45, 7) is 16.7. The SMILES string of the molecule is CC(C)(N1CCCCC1)C(C)(C)N1CCN(S)CC1. The first-order valence-electron chi connectivity index (χ1n) is 7.79. The van der Waals surface area contributed by atoms with Gasteiger partial charge in [-0.05, 0) is 53.6 Å². The predicted molar refractivity (Wildman–Crippen MR) is 85.7 cm³/mol. The average Bonchev–Trinajstić information content (AvgIpc) is 2.40. The van der Waals surface area contributed by atoms with E-state index in [1.165, 1.54) is 32.4 Å². The molecule has 2 aliphatic heterocycles. The smallest absolute Gasteiger partial charge is 0.0332 e. The molecule has 2 rings (SSSR count). The van der Waals surface area contributed by atoms with E-state index in [2.05, 4.69) is 54.6 Å². The molecule has 112 valence electrons. The van der Waals surface area contributed by atoms with E-state index in [1.54, 1.807) is 0 Å². The third-order valence-electron chi connectivity index (χ3n) is 5.69. The van der Waals surface area contributed by atoms with Crippen molar-refractivity contribution in [1.82, 2.24) is 14.1 Å². The average molecular weight is 286 g/mol. The van der Waals surface area contributed by atoms with Crippen molar-refractivity contribution in [1.29, 1.82) is 0 Å². The van der Waals surface area contributed by atoms with Crippen molar-refractivity contribution in [2.45, 2.75) is 58.0 Å². The third kappa shape index (κ3) is 3.12. The number of piperazine rings is 1. The lowest BCUT2D eigenvalue weighted by Crippen LogP contribution is -2.68. The van der Waals surface area contributed by atoms with Gasteiger partial charge in [0.2, 0.25) is 0 Å². The number of hydrogen-bond donors (Lipinski definition) is 1. The molecule has 0 N–H and O–H groups in total. The Hall–Kier alpha value is 0.230. The van der Waals surface area contributed by atoms with E-state index in [9.17, 15) is 0 Å². The molecule has 0 aromatic heterocycles. The van der Waals surface area contributed by atoms with Crippen LogP contribution in [-0.2, 0) is 0 Å². The van der Waals surface area contributed by atoms with Crippen LogP contribution in [0.4, 0.5) is 0 Å². The van der Waals surface area contributed by atoms with Gasteiger partial charge in [-0.3, -0.25) is 14.1 Å². The third-order valence-corrected chi connectivity index (χ3v) is 6.09. The van der Waals surface area contributed by atoms with E-state index in [0.717, 1.165) is 26.2 Å². The van der Waals surface area contributed by atoms with Crippen molar-refractivity contribution in [3.05, 3.63) is 0 Å². The van der Waals surface area contributed by atoms with Crippen LogP contribution in [-0.4, -0.2) is 64.5 Å². The molecule has 0 aliphatic carbocycles. The van der Waals surface area contributed by atoms with Gasteiger partial charge in [-0.15, -0.1) is 0 Å². The standard InChI is InChI=1S/C15H31N3S/c1-14(2,16-8-6-5-7-9-16)15(3,4)17-10-12-18(19)13-11-17/h19H,5-13H2,1-4H3. The fourth-order valence-electron chi connectivity index (χ4n) is 3.48. The largest absolute Gasteiger partial charge is 0.296 e. The maximum Gasteiger partial charge on any atom is 0.0332 e. The molecule has 0 aromatic carbocycles. The first kappa shape index (κ1) is 15.6. The van der Waals surface area contributed by atoms with Crippen LogP contribution in [0, 0.1) is 0 Å². The lowest BCUT2D eigenvalue weighted by atomic mass is 9.78. The highest BCUT2D eigenvalue weighted by Crippen LogP contribution is 2.35. The Labute approximate surface area is 124 Å². The number of nitrogens with zero attached hydrogens (tertiary/aromatic N) is 3. The molecule has 3 nitrogen and oxygen atoms in total.